The molecule has 1 heterocycles. The molecule has 10 heteroatoms. The second-order valence-electron chi connectivity index (χ2n) is 3.58. The quantitative estimate of drug-likeness (QED) is 0.710. The van der Waals surface area contributed by atoms with E-state index in [1.807, 2.05) is 0 Å². The van der Waals surface area contributed by atoms with E-state index >= 15 is 0 Å². The van der Waals surface area contributed by atoms with E-state index in [1.54, 1.807) is 0 Å². The monoisotopic (exact) mass is 278 g/mol. The number of carbonyl (C=O) groups is 2. The van der Waals surface area contributed by atoms with Crippen LogP contribution >= 0.6 is 0 Å². The summed E-state index contributed by atoms with van der Waals surface area (Å²) in [6, 6.07) is -2.17. The fourth-order valence-corrected chi connectivity index (χ4v) is 1.53. The number of hydrogen-bond acceptors (Lipinski definition) is 3. The van der Waals surface area contributed by atoms with Crippen molar-refractivity contribution in [3.63, 3.8) is 0 Å². The molecule has 1 fully saturated rings. The third-order valence-corrected chi connectivity index (χ3v) is 2.33. The van der Waals surface area contributed by atoms with Crippen molar-refractivity contribution >= 4 is 11.7 Å². The number of amides is 1. The number of Topliss-reactive ketones (excluding diaryl/α,β-unsaturated/α-hetero) is 1. The maximum atomic E-state index is 12.2. The van der Waals surface area contributed by atoms with Crippen molar-refractivity contribution in [3.8, 4) is 0 Å². The van der Waals surface area contributed by atoms with E-state index in [1.165, 1.54) is 0 Å². The van der Waals surface area contributed by atoms with Gasteiger partial charge in [-0.3, -0.25) is 9.59 Å². The Labute approximate surface area is 96.9 Å². The van der Waals surface area contributed by atoms with E-state index in [-0.39, 0.29) is 11.4 Å². The van der Waals surface area contributed by atoms with Crippen molar-refractivity contribution in [2.24, 2.45) is 0 Å². The number of nitrogens with zero attached hydrogens (tertiary/aromatic N) is 1. The van der Waals surface area contributed by atoms with Crippen LogP contribution in [0.25, 0.3) is 0 Å². The van der Waals surface area contributed by atoms with Crippen molar-refractivity contribution in [2.45, 2.75) is 18.4 Å². The van der Waals surface area contributed by atoms with Crippen molar-refractivity contribution in [3.05, 3.63) is 0 Å². The smallest absolute Gasteiger partial charge is 0.322 e. The predicted octanol–water partition coefficient (Wildman–Crippen LogP) is 0.481. The summed E-state index contributed by atoms with van der Waals surface area (Å²) in [5.74, 6) is -4.81. The SMILES string of the molecule is O=C(C1CNCCN1C(=O)C(F)(F)F)C(F)(F)F. The molecule has 1 aliphatic heterocycles. The molecule has 18 heavy (non-hydrogen) atoms. The molecule has 1 unspecified atom stereocenters. The Kier molecular flexibility index (Phi) is 3.89. The topological polar surface area (TPSA) is 49.4 Å². The minimum Gasteiger partial charge on any atom is -0.322 e. The van der Waals surface area contributed by atoms with Gasteiger partial charge in [0.1, 0.15) is 6.04 Å². The Morgan fingerprint density at radius 1 is 1.06 bits per heavy atom. The number of hydrogen-bond donors (Lipinski definition) is 1. The normalized spacial score (nSPS) is 21.9. The Hall–Kier alpha value is -1.32. The lowest BCUT2D eigenvalue weighted by Crippen LogP contribution is -2.61. The van der Waals surface area contributed by atoms with Gasteiger partial charge in [0.05, 0.1) is 0 Å². The maximum Gasteiger partial charge on any atom is 0.471 e. The van der Waals surface area contributed by atoms with E-state index in [9.17, 15) is 35.9 Å². The van der Waals surface area contributed by atoms with Gasteiger partial charge in [-0.15, -0.1) is 0 Å². The van der Waals surface area contributed by atoms with Crippen LogP contribution in [0.4, 0.5) is 26.3 Å². The molecule has 1 atom stereocenters. The summed E-state index contributed by atoms with van der Waals surface area (Å²) < 4.78 is 73.0. The molecule has 0 aromatic rings. The van der Waals surface area contributed by atoms with E-state index in [0.29, 0.717) is 0 Å². The molecule has 0 aromatic heterocycles. The highest BCUT2D eigenvalue weighted by Crippen LogP contribution is 2.25. The average Bonchev–Trinajstić information content (AvgIpc) is 2.24. The van der Waals surface area contributed by atoms with Crippen LogP contribution in [0.3, 0.4) is 0 Å². The number of halogens is 6. The van der Waals surface area contributed by atoms with Gasteiger partial charge in [-0.1, -0.05) is 0 Å². The summed E-state index contributed by atoms with van der Waals surface area (Å²) in [6.07, 6.45) is -10.6. The fraction of sp³-hybridized carbons (Fsp3) is 0.750. The van der Waals surface area contributed by atoms with Crippen LogP contribution in [0.15, 0.2) is 0 Å². The van der Waals surface area contributed by atoms with Crippen molar-refractivity contribution in [2.75, 3.05) is 19.6 Å². The van der Waals surface area contributed by atoms with Gasteiger partial charge < -0.3 is 10.2 Å². The van der Waals surface area contributed by atoms with Crippen molar-refractivity contribution in [1.29, 1.82) is 0 Å². The standard InChI is InChI=1S/C8H8F6N2O2/c9-7(10,11)5(17)4-3-15-1-2-16(4)6(18)8(12,13)14/h4,15H,1-3H2. The first-order valence-corrected chi connectivity index (χ1v) is 4.74. The highest BCUT2D eigenvalue weighted by Gasteiger charge is 2.52. The van der Waals surface area contributed by atoms with Gasteiger partial charge in [0, 0.05) is 19.6 Å². The average molecular weight is 278 g/mol. The van der Waals surface area contributed by atoms with E-state index in [0.717, 1.165) is 0 Å². The molecule has 0 bridgehead atoms. The van der Waals surface area contributed by atoms with Gasteiger partial charge in [-0.25, -0.2) is 0 Å². The first kappa shape index (κ1) is 14.7. The minimum atomic E-state index is -5.30. The van der Waals surface area contributed by atoms with Crippen LogP contribution < -0.4 is 5.32 Å². The van der Waals surface area contributed by atoms with Crippen LogP contribution in [0.2, 0.25) is 0 Å². The zero-order chi connectivity index (χ0) is 14.1. The highest BCUT2D eigenvalue weighted by molar-refractivity contribution is 5.94. The molecule has 1 saturated heterocycles. The van der Waals surface area contributed by atoms with Crippen LogP contribution in [-0.2, 0) is 9.59 Å². The van der Waals surface area contributed by atoms with Crippen molar-refractivity contribution in [1.82, 2.24) is 10.2 Å². The Morgan fingerprint density at radius 2 is 1.61 bits per heavy atom. The number of ketones is 1. The number of nitrogens with one attached hydrogen (secondary N) is 1. The summed E-state index contributed by atoms with van der Waals surface area (Å²) in [6.45, 7) is -1.37. The van der Waals surface area contributed by atoms with Gasteiger partial charge in [-0.05, 0) is 0 Å². The molecule has 1 amide bonds. The largest absolute Gasteiger partial charge is 0.471 e. The molecule has 4 nitrogen and oxygen atoms in total. The molecule has 0 radical (unpaired) electrons. The van der Waals surface area contributed by atoms with E-state index in [2.05, 4.69) is 5.32 Å². The number of rotatable bonds is 1. The number of carbonyl (C=O) groups excluding carboxylic acids is 2. The van der Waals surface area contributed by atoms with E-state index < -0.39 is 43.2 Å². The summed E-state index contributed by atoms with van der Waals surface area (Å²) in [4.78, 5) is 21.8. The molecule has 0 aromatic carbocycles. The zero-order valence-corrected chi connectivity index (χ0v) is 8.73. The van der Waals surface area contributed by atoms with Crippen LogP contribution in [0, 0.1) is 0 Å². The summed E-state index contributed by atoms with van der Waals surface area (Å²) in [5.41, 5.74) is 0. The zero-order valence-electron chi connectivity index (χ0n) is 8.73. The first-order valence-electron chi connectivity index (χ1n) is 4.74. The summed E-state index contributed by atoms with van der Waals surface area (Å²) in [5, 5.41) is 2.34. The Morgan fingerprint density at radius 3 is 2.06 bits per heavy atom. The van der Waals surface area contributed by atoms with Gasteiger partial charge in [-0.2, -0.15) is 26.3 Å². The Balaban J connectivity index is 2.94. The molecular formula is C8H8F6N2O2. The fourth-order valence-electron chi connectivity index (χ4n) is 1.53. The molecule has 0 aliphatic carbocycles. The number of piperazine rings is 1. The molecule has 1 N–H and O–H groups in total. The predicted molar refractivity (Wildman–Crippen MR) is 45.5 cm³/mol. The lowest BCUT2D eigenvalue weighted by Gasteiger charge is -2.35. The lowest BCUT2D eigenvalue weighted by molar-refractivity contribution is -0.195. The lowest BCUT2D eigenvalue weighted by atomic mass is 10.1. The van der Waals surface area contributed by atoms with Crippen LogP contribution in [0.1, 0.15) is 0 Å². The molecule has 1 rings (SSSR count). The molecule has 104 valence electrons. The second-order valence-corrected chi connectivity index (χ2v) is 3.58. The van der Waals surface area contributed by atoms with Gasteiger partial charge in [0.25, 0.3) is 5.78 Å². The maximum absolute atomic E-state index is 12.2. The summed E-state index contributed by atoms with van der Waals surface area (Å²) in [7, 11) is 0. The molecule has 0 saturated carbocycles. The van der Waals surface area contributed by atoms with Crippen molar-refractivity contribution < 1.29 is 35.9 Å². The Bertz CT molecular complexity index is 316. The van der Waals surface area contributed by atoms with Crippen LogP contribution in [0.5, 0.6) is 0 Å². The first-order chi connectivity index (χ1) is 8.05. The third kappa shape index (κ3) is 3.12. The van der Waals surface area contributed by atoms with E-state index in [4.69, 9.17) is 0 Å². The molecule has 0 spiro atoms. The van der Waals surface area contributed by atoms with Gasteiger partial charge in [0.2, 0.25) is 0 Å². The number of alkyl halides is 6. The summed E-state index contributed by atoms with van der Waals surface area (Å²) >= 11 is 0. The molecule has 1 aliphatic rings. The minimum absolute atomic E-state index is 0.0909. The van der Waals surface area contributed by atoms with Gasteiger partial charge in [0.15, 0.2) is 0 Å². The highest BCUT2D eigenvalue weighted by atomic mass is 19.4. The van der Waals surface area contributed by atoms with Gasteiger partial charge >= 0.3 is 18.3 Å². The third-order valence-electron chi connectivity index (χ3n) is 2.33. The second kappa shape index (κ2) is 4.75. The van der Waals surface area contributed by atoms with Crippen LogP contribution in [-0.4, -0.2) is 54.6 Å². The molecular weight excluding hydrogens is 270 g/mol.